The Morgan fingerprint density at radius 1 is 1.12 bits per heavy atom. The first-order valence-electron chi connectivity index (χ1n) is 8.44. The lowest BCUT2D eigenvalue weighted by Crippen LogP contribution is -2.25. The van der Waals surface area contributed by atoms with Crippen LogP contribution in [0.1, 0.15) is 28.3 Å². The first-order valence-corrected chi connectivity index (χ1v) is 8.44. The van der Waals surface area contributed by atoms with Gasteiger partial charge in [0.1, 0.15) is 5.82 Å². The molecule has 3 aromatic rings. The Balaban J connectivity index is 1.71. The van der Waals surface area contributed by atoms with Crippen molar-refractivity contribution in [1.29, 1.82) is 0 Å². The molecule has 2 aromatic heterocycles. The predicted molar refractivity (Wildman–Crippen MR) is 97.5 cm³/mol. The predicted octanol–water partition coefficient (Wildman–Crippen LogP) is 3.19. The quantitative estimate of drug-likeness (QED) is 0.767. The zero-order chi connectivity index (χ0) is 18.7. The van der Waals surface area contributed by atoms with Crippen LogP contribution in [-0.2, 0) is 17.8 Å². The van der Waals surface area contributed by atoms with E-state index in [1.807, 2.05) is 39.0 Å². The molecule has 0 bridgehead atoms. The molecule has 0 atom stereocenters. The normalized spacial score (nSPS) is 10.8. The van der Waals surface area contributed by atoms with E-state index in [2.05, 4.69) is 15.4 Å². The average molecular weight is 352 g/mol. The maximum Gasteiger partial charge on any atom is 0.224 e. The van der Waals surface area contributed by atoms with E-state index in [0.29, 0.717) is 6.54 Å². The number of rotatable bonds is 5. The molecule has 26 heavy (non-hydrogen) atoms. The summed E-state index contributed by atoms with van der Waals surface area (Å²) in [5, 5.41) is 7.39. The molecule has 0 aliphatic heterocycles. The minimum Gasteiger partial charge on any atom is -0.350 e. The van der Waals surface area contributed by atoms with Crippen LogP contribution in [-0.4, -0.2) is 20.7 Å². The van der Waals surface area contributed by atoms with Gasteiger partial charge in [-0.05, 0) is 57.2 Å². The SMILES string of the molecule is Cc1cccc(CNC(=O)Cc2c(C)nn(-c3ccc(F)cc3)c2C)n1. The Morgan fingerprint density at radius 3 is 2.54 bits per heavy atom. The highest BCUT2D eigenvalue weighted by molar-refractivity contribution is 5.79. The van der Waals surface area contributed by atoms with Crippen LogP contribution in [0.15, 0.2) is 42.5 Å². The van der Waals surface area contributed by atoms with Crippen LogP contribution < -0.4 is 5.32 Å². The molecule has 0 spiro atoms. The number of halogens is 1. The average Bonchev–Trinajstić information content (AvgIpc) is 2.89. The molecule has 1 N–H and O–H groups in total. The summed E-state index contributed by atoms with van der Waals surface area (Å²) < 4.78 is 14.9. The molecular formula is C20H21FN4O. The minimum absolute atomic E-state index is 0.0850. The number of aromatic nitrogens is 3. The molecule has 2 heterocycles. The summed E-state index contributed by atoms with van der Waals surface area (Å²) in [6, 6.07) is 11.9. The summed E-state index contributed by atoms with van der Waals surface area (Å²) in [5.41, 5.74) is 5.05. The molecule has 5 nitrogen and oxygen atoms in total. The fourth-order valence-corrected chi connectivity index (χ4v) is 2.87. The fourth-order valence-electron chi connectivity index (χ4n) is 2.87. The van der Waals surface area contributed by atoms with Crippen molar-refractivity contribution in [2.45, 2.75) is 33.7 Å². The van der Waals surface area contributed by atoms with Crippen molar-refractivity contribution >= 4 is 5.91 Å². The van der Waals surface area contributed by atoms with Gasteiger partial charge >= 0.3 is 0 Å². The van der Waals surface area contributed by atoms with Gasteiger partial charge in [-0.25, -0.2) is 9.07 Å². The van der Waals surface area contributed by atoms with E-state index in [1.165, 1.54) is 12.1 Å². The maximum atomic E-state index is 13.1. The summed E-state index contributed by atoms with van der Waals surface area (Å²) in [5.74, 6) is -0.377. The Kier molecular flexibility index (Phi) is 5.11. The Labute approximate surface area is 151 Å². The van der Waals surface area contributed by atoms with Gasteiger partial charge in [0.25, 0.3) is 0 Å². The van der Waals surface area contributed by atoms with Crippen molar-refractivity contribution in [3.05, 3.63) is 76.6 Å². The van der Waals surface area contributed by atoms with Crippen molar-refractivity contribution in [1.82, 2.24) is 20.1 Å². The van der Waals surface area contributed by atoms with Gasteiger partial charge in [-0.3, -0.25) is 9.78 Å². The molecule has 0 radical (unpaired) electrons. The lowest BCUT2D eigenvalue weighted by molar-refractivity contribution is -0.120. The van der Waals surface area contributed by atoms with Gasteiger partial charge in [-0.1, -0.05) is 6.07 Å². The molecule has 134 valence electrons. The Bertz CT molecular complexity index is 931. The van der Waals surface area contributed by atoms with Gasteiger partial charge in [-0.2, -0.15) is 5.10 Å². The van der Waals surface area contributed by atoms with Crippen molar-refractivity contribution in [3.63, 3.8) is 0 Å². The van der Waals surface area contributed by atoms with Crippen molar-refractivity contribution < 1.29 is 9.18 Å². The number of carbonyl (C=O) groups excluding carboxylic acids is 1. The zero-order valence-electron chi connectivity index (χ0n) is 15.1. The van der Waals surface area contributed by atoms with Gasteiger partial charge in [0.2, 0.25) is 5.91 Å². The molecule has 3 rings (SSSR count). The second kappa shape index (κ2) is 7.47. The Hall–Kier alpha value is -3.02. The number of carbonyl (C=O) groups is 1. The molecule has 0 aliphatic rings. The van der Waals surface area contributed by atoms with Crippen molar-refractivity contribution in [2.24, 2.45) is 0 Å². The highest BCUT2D eigenvalue weighted by Gasteiger charge is 2.16. The number of benzene rings is 1. The van der Waals surface area contributed by atoms with Crippen LogP contribution in [0.25, 0.3) is 5.69 Å². The first-order chi connectivity index (χ1) is 12.4. The van der Waals surface area contributed by atoms with Crippen LogP contribution >= 0.6 is 0 Å². The number of pyridine rings is 1. The van der Waals surface area contributed by atoms with Crippen LogP contribution in [0.4, 0.5) is 4.39 Å². The van der Waals surface area contributed by atoms with Crippen molar-refractivity contribution in [2.75, 3.05) is 0 Å². The number of nitrogens with one attached hydrogen (secondary N) is 1. The molecule has 0 aliphatic carbocycles. The van der Waals surface area contributed by atoms with Gasteiger partial charge in [0.15, 0.2) is 0 Å². The summed E-state index contributed by atoms with van der Waals surface area (Å²) in [4.78, 5) is 16.7. The van der Waals surface area contributed by atoms with E-state index in [1.54, 1.807) is 16.8 Å². The van der Waals surface area contributed by atoms with E-state index in [-0.39, 0.29) is 18.1 Å². The molecule has 6 heteroatoms. The van der Waals surface area contributed by atoms with Crippen LogP contribution in [0, 0.1) is 26.6 Å². The van der Waals surface area contributed by atoms with Gasteiger partial charge in [-0.15, -0.1) is 0 Å². The van der Waals surface area contributed by atoms with Crippen LogP contribution in [0.3, 0.4) is 0 Å². The molecule has 0 fully saturated rings. The van der Waals surface area contributed by atoms with Gasteiger partial charge < -0.3 is 5.32 Å². The standard InChI is InChI=1S/C20H21FN4O/c1-13-5-4-6-17(23-13)12-22-20(26)11-19-14(2)24-25(15(19)3)18-9-7-16(21)8-10-18/h4-10H,11-12H2,1-3H3,(H,22,26). The molecule has 0 saturated carbocycles. The number of hydrogen-bond acceptors (Lipinski definition) is 3. The summed E-state index contributed by atoms with van der Waals surface area (Å²) in [7, 11) is 0. The summed E-state index contributed by atoms with van der Waals surface area (Å²) in [6.07, 6.45) is 0.241. The second-order valence-electron chi connectivity index (χ2n) is 6.26. The number of nitrogens with zero attached hydrogens (tertiary/aromatic N) is 3. The topological polar surface area (TPSA) is 59.8 Å². The van der Waals surface area contributed by atoms with E-state index < -0.39 is 0 Å². The third kappa shape index (κ3) is 3.96. The monoisotopic (exact) mass is 352 g/mol. The summed E-state index contributed by atoms with van der Waals surface area (Å²) in [6.45, 7) is 6.10. The van der Waals surface area contributed by atoms with Crippen LogP contribution in [0.5, 0.6) is 0 Å². The molecule has 0 saturated heterocycles. The van der Waals surface area contributed by atoms with E-state index in [4.69, 9.17) is 0 Å². The second-order valence-corrected chi connectivity index (χ2v) is 6.26. The first kappa shape index (κ1) is 17.8. The Morgan fingerprint density at radius 2 is 1.85 bits per heavy atom. The number of amides is 1. The molecule has 0 unspecified atom stereocenters. The molecular weight excluding hydrogens is 331 g/mol. The largest absolute Gasteiger partial charge is 0.350 e. The minimum atomic E-state index is -0.292. The third-order valence-corrected chi connectivity index (χ3v) is 4.26. The highest BCUT2D eigenvalue weighted by Crippen LogP contribution is 2.18. The highest BCUT2D eigenvalue weighted by atomic mass is 19.1. The lowest BCUT2D eigenvalue weighted by atomic mass is 10.1. The smallest absolute Gasteiger partial charge is 0.224 e. The number of hydrogen-bond donors (Lipinski definition) is 1. The van der Waals surface area contributed by atoms with Crippen molar-refractivity contribution in [3.8, 4) is 5.69 Å². The molecule has 1 amide bonds. The van der Waals surface area contributed by atoms with Gasteiger partial charge in [0.05, 0.1) is 30.0 Å². The van der Waals surface area contributed by atoms with Crippen LogP contribution in [0.2, 0.25) is 0 Å². The van der Waals surface area contributed by atoms with E-state index >= 15 is 0 Å². The summed E-state index contributed by atoms with van der Waals surface area (Å²) >= 11 is 0. The van der Waals surface area contributed by atoms with E-state index in [9.17, 15) is 9.18 Å². The maximum absolute atomic E-state index is 13.1. The van der Waals surface area contributed by atoms with E-state index in [0.717, 1.165) is 34.0 Å². The third-order valence-electron chi connectivity index (χ3n) is 4.26. The fraction of sp³-hybridized carbons (Fsp3) is 0.250. The number of aryl methyl sites for hydroxylation is 2. The van der Waals surface area contributed by atoms with Gasteiger partial charge in [0, 0.05) is 17.0 Å². The molecule has 1 aromatic carbocycles. The zero-order valence-corrected chi connectivity index (χ0v) is 15.1. The lowest BCUT2D eigenvalue weighted by Gasteiger charge is -2.07.